The summed E-state index contributed by atoms with van der Waals surface area (Å²) in [6.45, 7) is 0.488. The van der Waals surface area contributed by atoms with E-state index in [0.29, 0.717) is 24.0 Å². The minimum absolute atomic E-state index is 0.140. The van der Waals surface area contributed by atoms with Gasteiger partial charge in [0.25, 0.3) is 0 Å². The summed E-state index contributed by atoms with van der Waals surface area (Å²) in [4.78, 5) is 5.55. The lowest BCUT2D eigenvalue weighted by Gasteiger charge is -2.28. The first kappa shape index (κ1) is 18.0. The van der Waals surface area contributed by atoms with Crippen molar-refractivity contribution < 1.29 is 19.0 Å². The summed E-state index contributed by atoms with van der Waals surface area (Å²) >= 11 is 5.74. The summed E-state index contributed by atoms with van der Waals surface area (Å²) in [7, 11) is 3.23. The molecular weight excluding hydrogens is 366 g/mol. The number of methoxy groups -OCH3 is 2. The van der Waals surface area contributed by atoms with Gasteiger partial charge in [-0.05, 0) is 18.1 Å². The Morgan fingerprint density at radius 1 is 1.15 bits per heavy atom. The Hall–Kier alpha value is -2.40. The van der Waals surface area contributed by atoms with Gasteiger partial charge in [0.2, 0.25) is 0 Å². The van der Waals surface area contributed by atoms with Crippen LogP contribution in [0.1, 0.15) is 24.0 Å². The smallest absolute Gasteiger partial charge is 0.164 e. The minimum Gasteiger partial charge on any atom is -0.493 e. The second kappa shape index (κ2) is 7.31. The van der Waals surface area contributed by atoms with Crippen molar-refractivity contribution in [2.24, 2.45) is 11.1 Å². The molecule has 1 fully saturated rings. The predicted molar refractivity (Wildman–Crippen MR) is 104 cm³/mol. The van der Waals surface area contributed by atoms with E-state index in [-0.39, 0.29) is 5.92 Å². The van der Waals surface area contributed by atoms with Crippen molar-refractivity contribution in [1.29, 1.82) is 0 Å². The molecule has 0 radical (unpaired) electrons. The molecule has 27 heavy (non-hydrogen) atoms. The maximum atomic E-state index is 6.49. The Kier molecular flexibility index (Phi) is 4.87. The van der Waals surface area contributed by atoms with Crippen LogP contribution in [-0.2, 0) is 10.4 Å². The molecule has 2 aliphatic rings. The maximum absolute atomic E-state index is 6.49. The molecule has 1 saturated carbocycles. The number of hydrogen-bond acceptors (Lipinski definition) is 5. The van der Waals surface area contributed by atoms with Crippen LogP contribution in [0, 0.1) is 5.92 Å². The molecule has 0 amide bonds. The van der Waals surface area contributed by atoms with Gasteiger partial charge in [-0.25, -0.2) is 0 Å². The zero-order chi connectivity index (χ0) is 18.9. The molecule has 2 unspecified atom stereocenters. The van der Waals surface area contributed by atoms with Gasteiger partial charge in [0, 0.05) is 23.9 Å². The fourth-order valence-electron chi connectivity index (χ4n) is 3.65. The molecule has 0 bridgehead atoms. The molecule has 2 aromatic rings. The predicted octanol–water partition coefficient (Wildman–Crippen LogP) is 4.36. The van der Waals surface area contributed by atoms with Gasteiger partial charge in [0.15, 0.2) is 11.5 Å². The number of fused-ring (bicyclic) bond motifs is 2. The molecule has 0 spiro atoms. The minimum atomic E-state index is -0.400. The van der Waals surface area contributed by atoms with Gasteiger partial charge in [-0.1, -0.05) is 35.5 Å². The fraction of sp³-hybridized carbons (Fsp3) is 0.381. The average Bonchev–Trinajstić information content (AvgIpc) is 3.45. The molecule has 0 saturated heterocycles. The van der Waals surface area contributed by atoms with Gasteiger partial charge in [-0.15, -0.1) is 11.6 Å². The number of ether oxygens (including phenoxy) is 3. The largest absolute Gasteiger partial charge is 0.493 e. The second-order valence-electron chi connectivity index (χ2n) is 6.67. The van der Waals surface area contributed by atoms with E-state index in [0.717, 1.165) is 35.4 Å². The third-order valence-electron chi connectivity index (χ3n) is 5.09. The zero-order valence-electron chi connectivity index (χ0n) is 15.4. The van der Waals surface area contributed by atoms with Crippen LogP contribution in [0.25, 0.3) is 0 Å². The Morgan fingerprint density at radius 2 is 1.89 bits per heavy atom. The van der Waals surface area contributed by atoms with Gasteiger partial charge < -0.3 is 19.0 Å². The summed E-state index contributed by atoms with van der Waals surface area (Å²) in [6.07, 6.45) is 1.61. The van der Waals surface area contributed by atoms with Crippen molar-refractivity contribution >= 4 is 17.3 Å². The van der Waals surface area contributed by atoms with Crippen molar-refractivity contribution in [1.82, 2.24) is 0 Å². The van der Waals surface area contributed by atoms with Crippen LogP contribution in [0.5, 0.6) is 17.2 Å². The highest BCUT2D eigenvalue weighted by Gasteiger charge is 2.64. The highest BCUT2D eigenvalue weighted by molar-refractivity contribution is 6.17. The number of oxime groups is 1. The SMILES string of the molecule is COc1cc2c(cc1OC)C(=NOCCCCl)C1CC1(c1ccccc1)O2. The summed E-state index contributed by atoms with van der Waals surface area (Å²) in [5.74, 6) is 2.68. The van der Waals surface area contributed by atoms with E-state index in [1.54, 1.807) is 14.2 Å². The van der Waals surface area contributed by atoms with Crippen LogP contribution in [0.4, 0.5) is 0 Å². The Bertz CT molecular complexity index is 855. The van der Waals surface area contributed by atoms with Gasteiger partial charge in [-0.2, -0.15) is 0 Å². The highest BCUT2D eigenvalue weighted by Crippen LogP contribution is 2.61. The highest BCUT2D eigenvalue weighted by atomic mass is 35.5. The summed E-state index contributed by atoms with van der Waals surface area (Å²) in [6, 6.07) is 14.0. The van der Waals surface area contributed by atoms with Gasteiger partial charge in [0.05, 0.1) is 25.8 Å². The van der Waals surface area contributed by atoms with Crippen LogP contribution >= 0.6 is 11.6 Å². The number of halogens is 1. The van der Waals surface area contributed by atoms with Crippen LogP contribution in [0.3, 0.4) is 0 Å². The van der Waals surface area contributed by atoms with Gasteiger partial charge in [0.1, 0.15) is 18.0 Å². The first-order valence-electron chi connectivity index (χ1n) is 9.00. The third-order valence-corrected chi connectivity index (χ3v) is 5.36. The Labute approximate surface area is 163 Å². The summed E-state index contributed by atoms with van der Waals surface area (Å²) < 4.78 is 17.4. The van der Waals surface area contributed by atoms with Crippen molar-refractivity contribution in [2.75, 3.05) is 26.7 Å². The van der Waals surface area contributed by atoms with Crippen molar-refractivity contribution in [3.05, 3.63) is 53.6 Å². The number of hydrogen-bond donors (Lipinski definition) is 0. The molecule has 0 aromatic heterocycles. The Morgan fingerprint density at radius 3 is 2.59 bits per heavy atom. The first-order chi connectivity index (χ1) is 13.2. The number of benzene rings is 2. The molecule has 4 rings (SSSR count). The molecule has 2 atom stereocenters. The van der Waals surface area contributed by atoms with Crippen molar-refractivity contribution in [3.8, 4) is 17.2 Å². The van der Waals surface area contributed by atoms with E-state index in [9.17, 15) is 0 Å². The van der Waals surface area contributed by atoms with Crippen LogP contribution in [0.2, 0.25) is 0 Å². The molecule has 1 aliphatic carbocycles. The summed E-state index contributed by atoms with van der Waals surface area (Å²) in [5, 5.41) is 4.47. The molecule has 0 N–H and O–H groups in total. The van der Waals surface area contributed by atoms with Gasteiger partial charge in [-0.3, -0.25) is 0 Å². The van der Waals surface area contributed by atoms with Crippen LogP contribution in [-0.4, -0.2) is 32.4 Å². The zero-order valence-corrected chi connectivity index (χ0v) is 16.2. The molecule has 6 heteroatoms. The lowest BCUT2D eigenvalue weighted by atomic mass is 9.95. The normalized spacial score (nSPS) is 23.8. The lowest BCUT2D eigenvalue weighted by molar-refractivity contribution is 0.137. The lowest BCUT2D eigenvalue weighted by Crippen LogP contribution is -2.28. The molecule has 142 valence electrons. The van der Waals surface area contributed by atoms with Crippen LogP contribution < -0.4 is 14.2 Å². The Balaban J connectivity index is 1.76. The van der Waals surface area contributed by atoms with Crippen molar-refractivity contribution in [3.63, 3.8) is 0 Å². The molecular formula is C21H22ClNO4. The molecule has 1 heterocycles. The topological polar surface area (TPSA) is 49.3 Å². The average molecular weight is 388 g/mol. The number of alkyl halides is 1. The quantitative estimate of drug-likeness (QED) is 0.402. The monoisotopic (exact) mass is 387 g/mol. The standard InChI is InChI=1S/C21H22ClNO4/c1-24-18-11-15-17(12-19(18)25-2)27-21(14-7-4-3-5-8-14)13-16(21)20(15)23-26-10-6-9-22/h3-5,7-8,11-12,16H,6,9-10,13H2,1-2H3. The molecule has 2 aromatic carbocycles. The fourth-order valence-corrected chi connectivity index (χ4v) is 3.76. The molecule has 1 aliphatic heterocycles. The first-order valence-corrected chi connectivity index (χ1v) is 9.53. The van der Waals surface area contributed by atoms with E-state index in [4.69, 9.17) is 30.6 Å². The van der Waals surface area contributed by atoms with E-state index in [1.165, 1.54) is 0 Å². The number of rotatable bonds is 7. The second-order valence-corrected chi connectivity index (χ2v) is 7.05. The molecule has 5 nitrogen and oxygen atoms in total. The van der Waals surface area contributed by atoms with E-state index >= 15 is 0 Å². The van der Waals surface area contributed by atoms with Crippen LogP contribution in [0.15, 0.2) is 47.6 Å². The maximum Gasteiger partial charge on any atom is 0.164 e. The third kappa shape index (κ3) is 3.10. The van der Waals surface area contributed by atoms with Crippen molar-refractivity contribution in [2.45, 2.75) is 18.4 Å². The van der Waals surface area contributed by atoms with Gasteiger partial charge >= 0.3 is 0 Å². The van der Waals surface area contributed by atoms with E-state index in [2.05, 4.69) is 17.3 Å². The number of nitrogens with zero attached hydrogens (tertiary/aromatic N) is 1. The summed E-state index contributed by atoms with van der Waals surface area (Å²) in [5.41, 5.74) is 2.51. The van der Waals surface area contributed by atoms with E-state index < -0.39 is 5.60 Å². The van der Waals surface area contributed by atoms with E-state index in [1.807, 2.05) is 30.3 Å².